The summed E-state index contributed by atoms with van der Waals surface area (Å²) in [6, 6.07) is 3.66. The van der Waals surface area contributed by atoms with Crippen LogP contribution in [-0.2, 0) is 4.79 Å². The summed E-state index contributed by atoms with van der Waals surface area (Å²) in [5.74, 6) is 0.575. The monoisotopic (exact) mass is 291 g/mol. The van der Waals surface area contributed by atoms with Gasteiger partial charge in [0.15, 0.2) is 0 Å². The van der Waals surface area contributed by atoms with Crippen molar-refractivity contribution in [3.8, 4) is 0 Å². The number of nitrogen functional groups attached to an aromatic ring is 1. The summed E-state index contributed by atoms with van der Waals surface area (Å²) in [6.07, 6.45) is 8.35. The van der Waals surface area contributed by atoms with Gasteiger partial charge in [-0.2, -0.15) is 0 Å². The average Bonchev–Trinajstić information content (AvgIpc) is 2.48. The summed E-state index contributed by atoms with van der Waals surface area (Å²) in [5.41, 5.74) is 7.43. The molecular weight excluding hydrogens is 270 g/mol. The maximum absolute atomic E-state index is 12.3. The number of rotatable bonds is 5. The van der Waals surface area contributed by atoms with E-state index >= 15 is 0 Å². The molecule has 0 radical (unpaired) electrons. The van der Waals surface area contributed by atoms with Gasteiger partial charge in [0.2, 0.25) is 5.91 Å². The van der Waals surface area contributed by atoms with Gasteiger partial charge in [0.05, 0.1) is 22.7 Å². The Morgan fingerprint density at radius 3 is 2.90 bits per heavy atom. The van der Waals surface area contributed by atoms with Gasteiger partial charge in [-0.1, -0.05) is 17.8 Å². The molecule has 1 aliphatic rings. The third-order valence-electron chi connectivity index (χ3n) is 3.33. The lowest BCUT2D eigenvalue weighted by Crippen LogP contribution is -2.32. The smallest absolute Gasteiger partial charge is 0.237 e. The molecule has 2 N–H and O–H groups in total. The molecule has 0 aliphatic heterocycles. The number of aromatic nitrogens is 1. The highest BCUT2D eigenvalue weighted by atomic mass is 32.2. The van der Waals surface area contributed by atoms with E-state index in [1.54, 1.807) is 12.3 Å². The van der Waals surface area contributed by atoms with Crippen molar-refractivity contribution in [1.82, 2.24) is 9.88 Å². The third-order valence-corrected chi connectivity index (χ3v) is 4.26. The van der Waals surface area contributed by atoms with Crippen molar-refractivity contribution in [2.24, 2.45) is 0 Å². The Kier molecular flexibility index (Phi) is 5.47. The SMILES string of the molecule is CCN(C(=O)CSc1ccc(N)cn1)C1=CCCCC1. The summed E-state index contributed by atoms with van der Waals surface area (Å²) in [6.45, 7) is 2.76. The van der Waals surface area contributed by atoms with Crippen molar-refractivity contribution in [3.05, 3.63) is 30.1 Å². The zero-order chi connectivity index (χ0) is 14.4. The minimum Gasteiger partial charge on any atom is -0.397 e. The zero-order valence-corrected chi connectivity index (χ0v) is 12.7. The normalized spacial score (nSPS) is 14.8. The second kappa shape index (κ2) is 7.33. The summed E-state index contributed by atoms with van der Waals surface area (Å²) < 4.78 is 0. The van der Waals surface area contributed by atoms with E-state index < -0.39 is 0 Å². The van der Waals surface area contributed by atoms with Crippen molar-refractivity contribution in [1.29, 1.82) is 0 Å². The van der Waals surface area contributed by atoms with Gasteiger partial charge in [0.25, 0.3) is 0 Å². The standard InChI is InChI=1S/C15H21N3OS/c1-2-18(13-6-4-3-5-7-13)15(19)11-20-14-9-8-12(16)10-17-14/h6,8-10H,2-5,7,11,16H2,1H3. The summed E-state index contributed by atoms with van der Waals surface area (Å²) in [4.78, 5) is 18.4. The lowest BCUT2D eigenvalue weighted by atomic mass is 10.0. The van der Waals surface area contributed by atoms with Crippen LogP contribution in [-0.4, -0.2) is 28.1 Å². The quantitative estimate of drug-likeness (QED) is 0.847. The molecule has 1 aromatic heterocycles. The van der Waals surface area contributed by atoms with Crippen molar-refractivity contribution < 1.29 is 4.79 Å². The van der Waals surface area contributed by atoms with Crippen molar-refractivity contribution >= 4 is 23.4 Å². The van der Waals surface area contributed by atoms with Crippen LogP contribution >= 0.6 is 11.8 Å². The Hall–Kier alpha value is -1.49. The van der Waals surface area contributed by atoms with Crippen LogP contribution in [0.3, 0.4) is 0 Å². The average molecular weight is 291 g/mol. The molecule has 0 bridgehead atoms. The fourth-order valence-corrected chi connectivity index (χ4v) is 3.02. The van der Waals surface area contributed by atoms with Crippen LogP contribution in [0.15, 0.2) is 35.1 Å². The Morgan fingerprint density at radius 2 is 2.30 bits per heavy atom. The van der Waals surface area contributed by atoms with E-state index in [1.807, 2.05) is 17.9 Å². The second-order valence-corrected chi connectivity index (χ2v) is 5.79. The number of hydrogen-bond donors (Lipinski definition) is 1. The fraction of sp³-hybridized carbons (Fsp3) is 0.467. The molecule has 108 valence electrons. The van der Waals surface area contributed by atoms with Crippen LogP contribution in [0.4, 0.5) is 5.69 Å². The van der Waals surface area contributed by atoms with E-state index in [2.05, 4.69) is 11.1 Å². The highest BCUT2D eigenvalue weighted by Gasteiger charge is 2.17. The molecule has 0 saturated heterocycles. The number of amides is 1. The Bertz CT molecular complexity index is 484. The maximum atomic E-state index is 12.3. The van der Waals surface area contributed by atoms with E-state index in [0.717, 1.165) is 24.4 Å². The van der Waals surface area contributed by atoms with Crippen LogP contribution in [0.25, 0.3) is 0 Å². The molecule has 1 aliphatic carbocycles. The molecule has 2 rings (SSSR count). The number of carbonyl (C=O) groups is 1. The van der Waals surface area contributed by atoms with Crippen LogP contribution in [0, 0.1) is 0 Å². The second-order valence-electron chi connectivity index (χ2n) is 4.80. The van der Waals surface area contributed by atoms with Crippen molar-refractivity contribution in [2.45, 2.75) is 37.6 Å². The van der Waals surface area contributed by atoms with Gasteiger partial charge >= 0.3 is 0 Å². The molecule has 0 unspecified atom stereocenters. The van der Waals surface area contributed by atoms with Gasteiger partial charge in [-0.3, -0.25) is 4.79 Å². The van der Waals surface area contributed by atoms with Gasteiger partial charge in [-0.25, -0.2) is 4.98 Å². The van der Waals surface area contributed by atoms with Gasteiger partial charge in [0.1, 0.15) is 0 Å². The zero-order valence-electron chi connectivity index (χ0n) is 11.8. The molecule has 4 nitrogen and oxygen atoms in total. The maximum Gasteiger partial charge on any atom is 0.237 e. The molecule has 0 spiro atoms. The minimum absolute atomic E-state index is 0.157. The van der Waals surface area contributed by atoms with Crippen LogP contribution < -0.4 is 5.73 Å². The van der Waals surface area contributed by atoms with Crippen LogP contribution in [0.2, 0.25) is 0 Å². The lowest BCUT2D eigenvalue weighted by molar-refractivity contribution is -0.126. The number of carbonyl (C=O) groups excluding carboxylic acids is 1. The third kappa shape index (κ3) is 4.00. The van der Waals surface area contributed by atoms with Crippen LogP contribution in [0.5, 0.6) is 0 Å². The molecule has 0 atom stereocenters. The highest BCUT2D eigenvalue weighted by Crippen LogP contribution is 2.23. The van der Waals surface area contributed by atoms with Gasteiger partial charge in [0, 0.05) is 12.2 Å². The minimum atomic E-state index is 0.157. The number of nitrogens with two attached hydrogens (primary N) is 1. The topological polar surface area (TPSA) is 59.2 Å². The Labute approximate surface area is 124 Å². The largest absolute Gasteiger partial charge is 0.397 e. The predicted octanol–water partition coefficient (Wildman–Crippen LogP) is 3.06. The fourth-order valence-electron chi connectivity index (χ4n) is 2.30. The first kappa shape index (κ1) is 14.9. The van der Waals surface area contributed by atoms with E-state index in [1.165, 1.54) is 30.3 Å². The van der Waals surface area contributed by atoms with Crippen LogP contribution in [0.1, 0.15) is 32.6 Å². The first-order valence-corrected chi connectivity index (χ1v) is 8.03. The molecule has 1 aromatic rings. The number of nitrogens with zero attached hydrogens (tertiary/aromatic N) is 2. The number of anilines is 1. The first-order chi connectivity index (χ1) is 9.70. The number of pyridine rings is 1. The molecule has 0 saturated carbocycles. The molecule has 1 heterocycles. The van der Waals surface area contributed by atoms with Gasteiger partial charge in [-0.05, 0) is 44.7 Å². The van der Waals surface area contributed by atoms with Crippen molar-refractivity contribution in [2.75, 3.05) is 18.0 Å². The molecule has 1 amide bonds. The van der Waals surface area contributed by atoms with E-state index in [9.17, 15) is 4.79 Å². The van der Waals surface area contributed by atoms with E-state index in [4.69, 9.17) is 5.73 Å². The number of hydrogen-bond acceptors (Lipinski definition) is 4. The summed E-state index contributed by atoms with van der Waals surface area (Å²) in [5, 5.41) is 0.834. The Balaban J connectivity index is 1.92. The molecule has 0 aromatic carbocycles. The lowest BCUT2D eigenvalue weighted by Gasteiger charge is -2.26. The van der Waals surface area contributed by atoms with Gasteiger partial charge in [-0.15, -0.1) is 0 Å². The number of allylic oxidation sites excluding steroid dienone is 2. The summed E-state index contributed by atoms with van der Waals surface area (Å²) >= 11 is 1.46. The molecule has 20 heavy (non-hydrogen) atoms. The van der Waals surface area contributed by atoms with Gasteiger partial charge < -0.3 is 10.6 Å². The Morgan fingerprint density at radius 1 is 1.45 bits per heavy atom. The molecule has 0 fully saturated rings. The van der Waals surface area contributed by atoms with Crippen molar-refractivity contribution in [3.63, 3.8) is 0 Å². The predicted molar refractivity (Wildman–Crippen MR) is 83.3 cm³/mol. The van der Waals surface area contributed by atoms with E-state index in [0.29, 0.717) is 11.4 Å². The van der Waals surface area contributed by atoms with E-state index in [-0.39, 0.29) is 5.91 Å². The molecule has 5 heteroatoms. The number of thioether (sulfide) groups is 1. The summed E-state index contributed by atoms with van der Waals surface area (Å²) in [7, 11) is 0. The highest BCUT2D eigenvalue weighted by molar-refractivity contribution is 7.99. The first-order valence-electron chi connectivity index (χ1n) is 7.04. The molecular formula is C15H21N3OS.